The van der Waals surface area contributed by atoms with E-state index in [9.17, 15) is 9.59 Å². The zero-order chi connectivity index (χ0) is 23.2. The van der Waals surface area contributed by atoms with Gasteiger partial charge in [0.05, 0.1) is 0 Å². The molecule has 0 aromatic heterocycles. The number of hydrogen-bond donors (Lipinski definition) is 2. The molecule has 1 heterocycles. The van der Waals surface area contributed by atoms with Crippen molar-refractivity contribution in [2.75, 3.05) is 19.6 Å². The van der Waals surface area contributed by atoms with Gasteiger partial charge in [-0.15, -0.1) is 0 Å². The maximum atomic E-state index is 12.7. The maximum Gasteiger partial charge on any atom is 0.410 e. The molecule has 1 aliphatic carbocycles. The van der Waals surface area contributed by atoms with Crippen molar-refractivity contribution in [3.05, 3.63) is 35.9 Å². The zero-order valence-corrected chi connectivity index (χ0v) is 20.3. The van der Waals surface area contributed by atoms with Crippen LogP contribution in [-0.2, 0) is 9.53 Å². The van der Waals surface area contributed by atoms with Crippen molar-refractivity contribution < 1.29 is 14.3 Å². The molecular formula is C26H41N3O3. The lowest BCUT2D eigenvalue weighted by Crippen LogP contribution is -2.52. The second-order valence-corrected chi connectivity index (χ2v) is 10.7. The molecular weight excluding hydrogens is 402 g/mol. The molecule has 2 aliphatic rings. The average Bonchev–Trinajstić information content (AvgIpc) is 3.21. The van der Waals surface area contributed by atoms with E-state index in [2.05, 4.69) is 41.8 Å². The number of nitrogens with zero attached hydrogens (tertiary/aromatic N) is 1. The number of amides is 2. The van der Waals surface area contributed by atoms with E-state index in [-0.39, 0.29) is 23.6 Å². The molecule has 1 atom stereocenters. The molecule has 2 N–H and O–H groups in total. The summed E-state index contributed by atoms with van der Waals surface area (Å²) in [7, 11) is 0. The maximum absolute atomic E-state index is 12.7. The zero-order valence-electron chi connectivity index (χ0n) is 20.3. The Morgan fingerprint density at radius 1 is 1.12 bits per heavy atom. The number of benzene rings is 1. The highest BCUT2D eigenvalue weighted by Gasteiger charge is 2.35. The molecule has 1 saturated carbocycles. The Kier molecular flexibility index (Phi) is 8.21. The van der Waals surface area contributed by atoms with Crippen molar-refractivity contribution in [3.8, 4) is 0 Å². The van der Waals surface area contributed by atoms with Crippen LogP contribution in [0.1, 0.15) is 84.2 Å². The van der Waals surface area contributed by atoms with Gasteiger partial charge in [0.15, 0.2) is 0 Å². The van der Waals surface area contributed by atoms with Gasteiger partial charge in [-0.25, -0.2) is 4.79 Å². The summed E-state index contributed by atoms with van der Waals surface area (Å²) in [5, 5.41) is 7.06. The Morgan fingerprint density at radius 3 is 2.34 bits per heavy atom. The Morgan fingerprint density at radius 2 is 1.75 bits per heavy atom. The molecule has 0 spiro atoms. The molecule has 6 nitrogen and oxygen atoms in total. The first kappa shape index (κ1) is 24.6. The molecule has 6 heteroatoms. The molecule has 0 radical (unpaired) electrons. The smallest absolute Gasteiger partial charge is 0.410 e. The number of carbonyl (C=O) groups excluding carboxylic acids is 2. The van der Waals surface area contributed by atoms with Crippen molar-refractivity contribution in [1.82, 2.24) is 15.5 Å². The third-order valence-corrected chi connectivity index (χ3v) is 6.75. The van der Waals surface area contributed by atoms with Crippen LogP contribution in [0.15, 0.2) is 30.3 Å². The van der Waals surface area contributed by atoms with Gasteiger partial charge in [0, 0.05) is 37.6 Å². The van der Waals surface area contributed by atoms with E-state index in [1.54, 1.807) is 4.90 Å². The minimum Gasteiger partial charge on any atom is -0.444 e. The van der Waals surface area contributed by atoms with Crippen molar-refractivity contribution in [2.45, 2.75) is 89.8 Å². The van der Waals surface area contributed by atoms with E-state index >= 15 is 0 Å². The Balaban J connectivity index is 1.44. The van der Waals surface area contributed by atoms with Crippen LogP contribution in [0.2, 0.25) is 0 Å². The molecule has 1 aliphatic heterocycles. The monoisotopic (exact) mass is 443 g/mol. The van der Waals surface area contributed by atoms with E-state index in [0.717, 1.165) is 25.7 Å². The van der Waals surface area contributed by atoms with Crippen LogP contribution in [-0.4, -0.2) is 47.7 Å². The van der Waals surface area contributed by atoms with Crippen molar-refractivity contribution >= 4 is 12.0 Å². The van der Waals surface area contributed by atoms with Gasteiger partial charge in [-0.05, 0) is 64.9 Å². The SMILES string of the molecule is CC(NC1(CNC(=O)CC2CCN(C(=O)OC(C)(C)C)CC2)CCCC1)c1ccccc1. The lowest BCUT2D eigenvalue weighted by Gasteiger charge is -2.35. The second-order valence-electron chi connectivity index (χ2n) is 10.7. The van der Waals surface area contributed by atoms with Gasteiger partial charge in [0.2, 0.25) is 5.91 Å². The first-order chi connectivity index (χ1) is 15.2. The van der Waals surface area contributed by atoms with Gasteiger partial charge in [-0.3, -0.25) is 4.79 Å². The van der Waals surface area contributed by atoms with Gasteiger partial charge >= 0.3 is 6.09 Å². The fourth-order valence-corrected chi connectivity index (χ4v) is 4.96. The van der Waals surface area contributed by atoms with Crippen LogP contribution in [0.4, 0.5) is 4.79 Å². The summed E-state index contributed by atoms with van der Waals surface area (Å²) < 4.78 is 5.46. The number of ether oxygens (including phenoxy) is 1. The Hall–Kier alpha value is -2.08. The molecule has 1 aromatic rings. The molecule has 0 bridgehead atoms. The van der Waals surface area contributed by atoms with Gasteiger partial charge in [0.1, 0.15) is 5.60 Å². The highest BCUT2D eigenvalue weighted by Crippen LogP contribution is 2.32. The van der Waals surface area contributed by atoms with E-state index in [4.69, 9.17) is 4.74 Å². The predicted molar refractivity (Wildman–Crippen MR) is 127 cm³/mol. The van der Waals surface area contributed by atoms with E-state index in [1.807, 2.05) is 26.8 Å². The number of rotatable bonds is 7. The van der Waals surface area contributed by atoms with Gasteiger partial charge in [0.25, 0.3) is 0 Å². The molecule has 1 saturated heterocycles. The molecule has 1 aromatic carbocycles. The first-order valence-corrected chi connectivity index (χ1v) is 12.2. The molecule has 3 rings (SSSR count). The van der Waals surface area contributed by atoms with Crippen LogP contribution < -0.4 is 10.6 Å². The summed E-state index contributed by atoms with van der Waals surface area (Å²) in [6.07, 6.45) is 6.58. The topological polar surface area (TPSA) is 70.7 Å². The third-order valence-electron chi connectivity index (χ3n) is 6.75. The quantitative estimate of drug-likeness (QED) is 0.635. The van der Waals surface area contributed by atoms with Crippen LogP contribution >= 0.6 is 0 Å². The summed E-state index contributed by atoms with van der Waals surface area (Å²) in [5.41, 5.74) is 0.781. The minimum atomic E-state index is -0.476. The minimum absolute atomic E-state index is 0.0228. The normalized spacial score (nSPS) is 20.1. The van der Waals surface area contributed by atoms with Crippen LogP contribution in [0, 0.1) is 5.92 Å². The van der Waals surface area contributed by atoms with Crippen molar-refractivity contribution in [1.29, 1.82) is 0 Å². The Labute approximate surface area is 193 Å². The second kappa shape index (κ2) is 10.7. The van der Waals surface area contributed by atoms with Crippen LogP contribution in [0.5, 0.6) is 0 Å². The van der Waals surface area contributed by atoms with E-state index in [0.29, 0.717) is 32.0 Å². The Bertz CT molecular complexity index is 745. The van der Waals surface area contributed by atoms with Gasteiger partial charge in [-0.1, -0.05) is 43.2 Å². The summed E-state index contributed by atoms with van der Waals surface area (Å²) in [4.78, 5) is 26.7. The fraction of sp³-hybridized carbons (Fsp3) is 0.692. The molecule has 2 amide bonds. The first-order valence-electron chi connectivity index (χ1n) is 12.2. The molecule has 1 unspecified atom stereocenters. The summed E-state index contributed by atoms with van der Waals surface area (Å²) in [6.45, 7) is 9.85. The van der Waals surface area contributed by atoms with Crippen LogP contribution in [0.25, 0.3) is 0 Å². The average molecular weight is 444 g/mol. The number of hydrogen-bond acceptors (Lipinski definition) is 4. The highest BCUT2D eigenvalue weighted by atomic mass is 16.6. The van der Waals surface area contributed by atoms with E-state index in [1.165, 1.54) is 18.4 Å². The number of piperidine rings is 1. The van der Waals surface area contributed by atoms with E-state index < -0.39 is 5.60 Å². The molecule has 2 fully saturated rings. The number of carbonyl (C=O) groups is 2. The van der Waals surface area contributed by atoms with Gasteiger partial charge in [-0.2, -0.15) is 0 Å². The lowest BCUT2D eigenvalue weighted by atomic mass is 9.92. The summed E-state index contributed by atoms with van der Waals surface area (Å²) in [5.74, 6) is 0.450. The number of nitrogens with one attached hydrogen (secondary N) is 2. The summed E-state index contributed by atoms with van der Waals surface area (Å²) >= 11 is 0. The van der Waals surface area contributed by atoms with Crippen LogP contribution in [0.3, 0.4) is 0 Å². The lowest BCUT2D eigenvalue weighted by molar-refractivity contribution is -0.122. The largest absolute Gasteiger partial charge is 0.444 e. The standard InChI is InChI=1S/C26H41N3O3/c1-20(22-10-6-5-7-11-22)28-26(14-8-9-15-26)19-27-23(30)18-21-12-16-29(17-13-21)24(31)32-25(2,3)4/h5-7,10-11,20-21,28H,8-9,12-19H2,1-4H3,(H,27,30). The molecule has 32 heavy (non-hydrogen) atoms. The fourth-order valence-electron chi connectivity index (χ4n) is 4.96. The van der Waals surface area contributed by atoms with Crippen molar-refractivity contribution in [2.24, 2.45) is 5.92 Å². The predicted octanol–water partition coefficient (Wildman–Crippen LogP) is 4.80. The van der Waals surface area contributed by atoms with Gasteiger partial charge < -0.3 is 20.3 Å². The molecule has 178 valence electrons. The number of likely N-dealkylation sites (tertiary alicyclic amines) is 1. The van der Waals surface area contributed by atoms with Crippen molar-refractivity contribution in [3.63, 3.8) is 0 Å². The third kappa shape index (κ3) is 7.22. The highest BCUT2D eigenvalue weighted by molar-refractivity contribution is 5.76. The summed E-state index contributed by atoms with van der Waals surface area (Å²) in [6, 6.07) is 10.8.